The minimum Gasteiger partial charge on any atom is -0.462 e. The number of ether oxygens (including phenoxy) is 2. The number of carbonyl (C=O) groups excluding carboxylic acids is 2. The highest BCUT2D eigenvalue weighted by atomic mass is 16.6. The second-order valence-electron chi connectivity index (χ2n) is 7.11. The molecular formula is C21H26N2O4. The lowest BCUT2D eigenvalue weighted by Gasteiger charge is -2.19. The van der Waals surface area contributed by atoms with E-state index < -0.39 is 17.9 Å². The molecule has 3 rings (SSSR count). The third kappa shape index (κ3) is 3.44. The van der Waals surface area contributed by atoms with Gasteiger partial charge in [0.2, 0.25) is 0 Å². The van der Waals surface area contributed by atoms with Gasteiger partial charge >= 0.3 is 11.9 Å². The quantitative estimate of drug-likeness (QED) is 0.488. The van der Waals surface area contributed by atoms with Crippen LogP contribution in [0.4, 0.5) is 0 Å². The Balaban J connectivity index is 2.29. The van der Waals surface area contributed by atoms with Crippen LogP contribution >= 0.6 is 0 Å². The summed E-state index contributed by atoms with van der Waals surface area (Å²) >= 11 is 0. The van der Waals surface area contributed by atoms with E-state index in [9.17, 15) is 9.59 Å². The van der Waals surface area contributed by atoms with Crippen molar-refractivity contribution in [3.8, 4) is 0 Å². The largest absolute Gasteiger partial charge is 0.462 e. The molecule has 2 heterocycles. The number of imidazole rings is 1. The van der Waals surface area contributed by atoms with Crippen molar-refractivity contribution in [3.63, 3.8) is 0 Å². The molecular weight excluding hydrogens is 344 g/mol. The van der Waals surface area contributed by atoms with E-state index in [0.717, 1.165) is 16.6 Å². The summed E-state index contributed by atoms with van der Waals surface area (Å²) in [4.78, 5) is 25.9. The van der Waals surface area contributed by atoms with Crippen molar-refractivity contribution in [2.75, 3.05) is 0 Å². The molecule has 0 unspecified atom stereocenters. The van der Waals surface area contributed by atoms with Gasteiger partial charge < -0.3 is 18.4 Å². The predicted molar refractivity (Wildman–Crippen MR) is 104 cm³/mol. The number of fused-ring (bicyclic) bond motifs is 3. The van der Waals surface area contributed by atoms with Crippen LogP contribution in [0.2, 0.25) is 0 Å². The van der Waals surface area contributed by atoms with E-state index in [4.69, 9.17) is 9.47 Å². The van der Waals surface area contributed by atoms with Gasteiger partial charge in [0, 0.05) is 29.9 Å². The third-order valence-corrected chi connectivity index (χ3v) is 4.40. The first-order chi connectivity index (χ1) is 12.8. The molecule has 0 spiro atoms. The summed E-state index contributed by atoms with van der Waals surface area (Å²) in [5.41, 5.74) is 2.38. The minimum atomic E-state index is -1.13. The Morgan fingerprint density at radius 2 is 1.56 bits per heavy atom. The second kappa shape index (κ2) is 7.47. The lowest BCUT2D eigenvalue weighted by molar-refractivity contribution is -0.161. The third-order valence-electron chi connectivity index (χ3n) is 4.40. The zero-order valence-electron chi connectivity index (χ0n) is 16.4. The van der Waals surface area contributed by atoms with Gasteiger partial charge in [0.05, 0.1) is 17.7 Å². The topological polar surface area (TPSA) is 61.9 Å². The standard InChI is InChI=1S/C21H26N2O4/c1-6-22-11-12-23-16-10-8-7-9-15(16)17(19(22)23)18(20(24)26-13(2)3)21(25)27-14(4)5/h7-14,18H,6H2,1-5H3. The van der Waals surface area contributed by atoms with E-state index in [0.29, 0.717) is 12.1 Å². The maximum Gasteiger partial charge on any atom is 0.325 e. The molecule has 0 radical (unpaired) electrons. The highest BCUT2D eigenvalue weighted by Crippen LogP contribution is 2.35. The first-order valence-corrected chi connectivity index (χ1v) is 9.33. The summed E-state index contributed by atoms with van der Waals surface area (Å²) in [6.07, 6.45) is 3.25. The number of carbonyl (C=O) groups is 2. The molecule has 0 fully saturated rings. The lowest BCUT2D eigenvalue weighted by atomic mass is 9.97. The minimum absolute atomic E-state index is 0.325. The Labute approximate surface area is 158 Å². The van der Waals surface area contributed by atoms with Gasteiger partial charge in [0.1, 0.15) is 5.65 Å². The lowest BCUT2D eigenvalue weighted by Crippen LogP contribution is -2.29. The van der Waals surface area contributed by atoms with Crippen LogP contribution in [-0.4, -0.2) is 33.1 Å². The number of esters is 2. The highest BCUT2D eigenvalue weighted by Gasteiger charge is 2.37. The van der Waals surface area contributed by atoms with Crippen LogP contribution in [0.1, 0.15) is 46.1 Å². The van der Waals surface area contributed by atoms with E-state index >= 15 is 0 Å². The smallest absolute Gasteiger partial charge is 0.325 e. The maximum absolute atomic E-state index is 12.9. The van der Waals surface area contributed by atoms with Crippen molar-refractivity contribution in [1.82, 2.24) is 8.97 Å². The molecule has 3 aromatic rings. The first-order valence-electron chi connectivity index (χ1n) is 9.33. The van der Waals surface area contributed by atoms with Gasteiger partial charge in [-0.05, 0) is 40.7 Å². The zero-order valence-corrected chi connectivity index (χ0v) is 16.4. The molecule has 0 bridgehead atoms. The first kappa shape index (κ1) is 19.0. The summed E-state index contributed by atoms with van der Waals surface area (Å²) in [7, 11) is 0. The van der Waals surface area contributed by atoms with Gasteiger partial charge in [-0.15, -0.1) is 0 Å². The summed E-state index contributed by atoms with van der Waals surface area (Å²) < 4.78 is 14.9. The Bertz CT molecular complexity index is 959. The van der Waals surface area contributed by atoms with E-state index in [2.05, 4.69) is 0 Å². The Morgan fingerprint density at radius 1 is 0.963 bits per heavy atom. The molecule has 0 atom stereocenters. The fourth-order valence-corrected chi connectivity index (χ4v) is 3.41. The molecule has 27 heavy (non-hydrogen) atoms. The maximum atomic E-state index is 12.9. The average molecular weight is 370 g/mol. The van der Waals surface area contributed by atoms with Crippen LogP contribution in [0, 0.1) is 0 Å². The number of nitrogens with zero attached hydrogens (tertiary/aromatic N) is 2. The van der Waals surface area contributed by atoms with Crippen LogP contribution in [-0.2, 0) is 25.6 Å². The zero-order chi connectivity index (χ0) is 19.7. The number of aryl methyl sites for hydroxylation is 1. The van der Waals surface area contributed by atoms with Gasteiger partial charge in [-0.2, -0.15) is 0 Å². The van der Waals surface area contributed by atoms with Gasteiger partial charge in [-0.1, -0.05) is 18.2 Å². The fraction of sp³-hybridized carbons (Fsp3) is 0.429. The van der Waals surface area contributed by atoms with Gasteiger partial charge in [0.15, 0.2) is 5.92 Å². The van der Waals surface area contributed by atoms with Crippen LogP contribution in [0.25, 0.3) is 16.6 Å². The molecule has 0 amide bonds. The van der Waals surface area contributed by atoms with Crippen LogP contribution < -0.4 is 0 Å². The monoisotopic (exact) mass is 370 g/mol. The average Bonchev–Trinajstić information content (AvgIpc) is 3.13. The van der Waals surface area contributed by atoms with Crippen molar-refractivity contribution in [2.24, 2.45) is 0 Å². The molecule has 0 saturated carbocycles. The molecule has 0 aliphatic rings. The summed E-state index contributed by atoms with van der Waals surface area (Å²) in [5.74, 6) is -2.31. The van der Waals surface area contributed by atoms with Crippen LogP contribution in [0.15, 0.2) is 36.7 Å². The fourth-order valence-electron chi connectivity index (χ4n) is 3.41. The Kier molecular flexibility index (Phi) is 5.26. The Morgan fingerprint density at radius 3 is 2.11 bits per heavy atom. The van der Waals surface area contributed by atoms with Gasteiger partial charge in [0.25, 0.3) is 0 Å². The number of rotatable bonds is 6. The summed E-state index contributed by atoms with van der Waals surface area (Å²) in [6.45, 7) is 9.81. The van der Waals surface area contributed by atoms with Crippen LogP contribution in [0.5, 0.6) is 0 Å². The molecule has 0 saturated heterocycles. The molecule has 0 aliphatic carbocycles. The van der Waals surface area contributed by atoms with Gasteiger partial charge in [-0.25, -0.2) is 0 Å². The normalized spacial score (nSPS) is 11.9. The van der Waals surface area contributed by atoms with Crippen molar-refractivity contribution >= 4 is 28.5 Å². The van der Waals surface area contributed by atoms with Crippen molar-refractivity contribution in [2.45, 2.75) is 59.3 Å². The number of para-hydroxylation sites is 1. The van der Waals surface area contributed by atoms with Gasteiger partial charge in [-0.3, -0.25) is 9.59 Å². The van der Waals surface area contributed by atoms with E-state index in [1.807, 2.05) is 52.6 Å². The van der Waals surface area contributed by atoms with E-state index in [-0.39, 0.29) is 12.2 Å². The molecule has 0 aliphatic heterocycles. The SMILES string of the molecule is CCn1ccn2c3ccccc3c(C(C(=O)OC(C)C)C(=O)OC(C)C)c12. The summed E-state index contributed by atoms with van der Waals surface area (Å²) in [6, 6.07) is 7.75. The van der Waals surface area contributed by atoms with E-state index in [1.54, 1.807) is 27.7 Å². The predicted octanol–water partition coefficient (Wildman–Crippen LogP) is 3.90. The van der Waals surface area contributed by atoms with Crippen LogP contribution in [0.3, 0.4) is 0 Å². The molecule has 2 aromatic heterocycles. The Hall–Kier alpha value is -2.76. The van der Waals surface area contributed by atoms with Crippen molar-refractivity contribution in [1.29, 1.82) is 0 Å². The number of benzene rings is 1. The summed E-state index contributed by atoms with van der Waals surface area (Å²) in [5, 5.41) is 0.849. The van der Waals surface area contributed by atoms with Crippen molar-refractivity contribution in [3.05, 3.63) is 42.2 Å². The number of aromatic nitrogens is 2. The second-order valence-corrected chi connectivity index (χ2v) is 7.11. The highest BCUT2D eigenvalue weighted by molar-refractivity contribution is 6.08. The molecule has 6 nitrogen and oxygen atoms in total. The molecule has 1 aromatic carbocycles. The number of hydrogen-bond donors (Lipinski definition) is 0. The molecule has 6 heteroatoms. The van der Waals surface area contributed by atoms with E-state index in [1.165, 1.54) is 0 Å². The number of hydrogen-bond acceptors (Lipinski definition) is 4. The molecule has 144 valence electrons. The molecule has 0 N–H and O–H groups in total. The van der Waals surface area contributed by atoms with Crippen molar-refractivity contribution < 1.29 is 19.1 Å².